The van der Waals surface area contributed by atoms with Gasteiger partial charge in [-0.15, -0.1) is 0 Å². The number of hydrogen-bond donors (Lipinski definition) is 1. The summed E-state index contributed by atoms with van der Waals surface area (Å²) >= 11 is 0. The van der Waals surface area contributed by atoms with Crippen LogP contribution in [-0.2, 0) is 13.1 Å². The largest absolute Gasteiger partial charge is 0.468 e. The maximum Gasteiger partial charge on any atom is 0.118 e. The summed E-state index contributed by atoms with van der Waals surface area (Å²) in [5, 5.41) is 3.50. The van der Waals surface area contributed by atoms with Crippen LogP contribution in [0.25, 0.3) is 0 Å². The summed E-state index contributed by atoms with van der Waals surface area (Å²) < 4.78 is 5.74. The lowest BCUT2D eigenvalue weighted by atomic mass is 10.1. The summed E-state index contributed by atoms with van der Waals surface area (Å²) in [6.45, 7) is 14.1. The van der Waals surface area contributed by atoms with E-state index in [9.17, 15) is 0 Å². The monoisotopic (exact) mass is 278 g/mol. The molecule has 2 rings (SSSR count). The molecule has 0 radical (unpaired) electrons. The van der Waals surface area contributed by atoms with Gasteiger partial charge in [0.1, 0.15) is 5.76 Å². The Morgan fingerprint density at radius 1 is 1.35 bits per heavy atom. The molecule has 1 fully saturated rings. The Balaban J connectivity index is 1.87. The van der Waals surface area contributed by atoms with E-state index in [1.54, 1.807) is 0 Å². The second-order valence-electron chi connectivity index (χ2n) is 7.58. The maximum atomic E-state index is 5.74. The smallest absolute Gasteiger partial charge is 0.118 e. The Bertz CT molecular complexity index is 413. The highest BCUT2D eigenvalue weighted by molar-refractivity contribution is 5.13. The van der Waals surface area contributed by atoms with Crippen LogP contribution in [0.3, 0.4) is 0 Å². The van der Waals surface area contributed by atoms with Crippen LogP contribution in [0.5, 0.6) is 0 Å². The summed E-state index contributed by atoms with van der Waals surface area (Å²) in [7, 11) is 0. The van der Waals surface area contributed by atoms with E-state index in [0.717, 1.165) is 24.9 Å². The third kappa shape index (κ3) is 5.29. The van der Waals surface area contributed by atoms with Gasteiger partial charge in [0.2, 0.25) is 0 Å². The lowest BCUT2D eigenvalue weighted by molar-refractivity contribution is 0.209. The van der Waals surface area contributed by atoms with Crippen molar-refractivity contribution < 1.29 is 4.42 Å². The van der Waals surface area contributed by atoms with E-state index in [1.807, 2.05) is 6.26 Å². The van der Waals surface area contributed by atoms with E-state index < -0.39 is 0 Å². The zero-order chi connectivity index (χ0) is 14.8. The minimum absolute atomic E-state index is 0.148. The van der Waals surface area contributed by atoms with Crippen LogP contribution in [-0.4, -0.2) is 23.0 Å². The summed E-state index contributed by atoms with van der Waals surface area (Å²) in [4.78, 5) is 2.57. The zero-order valence-corrected chi connectivity index (χ0v) is 13.7. The van der Waals surface area contributed by atoms with Gasteiger partial charge < -0.3 is 9.73 Å². The zero-order valence-electron chi connectivity index (χ0n) is 13.7. The van der Waals surface area contributed by atoms with Crippen LogP contribution in [0.15, 0.2) is 16.7 Å². The van der Waals surface area contributed by atoms with Gasteiger partial charge in [-0.1, -0.05) is 13.8 Å². The predicted octanol–water partition coefficient (Wildman–Crippen LogP) is 3.79. The van der Waals surface area contributed by atoms with Crippen molar-refractivity contribution in [1.82, 2.24) is 10.2 Å². The Morgan fingerprint density at radius 3 is 2.60 bits per heavy atom. The molecule has 1 N–H and O–H groups in total. The van der Waals surface area contributed by atoms with Crippen LogP contribution in [0, 0.1) is 5.92 Å². The third-order valence-electron chi connectivity index (χ3n) is 3.55. The molecule has 0 aromatic carbocycles. The lowest BCUT2D eigenvalue weighted by Crippen LogP contribution is -2.34. The SMILES string of the molecule is CC(C)CN(Cc1cc(CNC(C)(C)C)co1)C1CC1. The van der Waals surface area contributed by atoms with E-state index in [2.05, 4.69) is 50.9 Å². The average molecular weight is 278 g/mol. The highest BCUT2D eigenvalue weighted by Crippen LogP contribution is 2.29. The highest BCUT2D eigenvalue weighted by atomic mass is 16.3. The molecule has 3 heteroatoms. The summed E-state index contributed by atoms with van der Waals surface area (Å²) in [6.07, 6.45) is 4.60. The number of nitrogens with zero attached hydrogens (tertiary/aromatic N) is 1. The Labute approximate surface area is 123 Å². The first-order chi connectivity index (χ1) is 9.33. The number of rotatable bonds is 7. The van der Waals surface area contributed by atoms with Crippen LogP contribution in [0.1, 0.15) is 58.8 Å². The minimum Gasteiger partial charge on any atom is -0.468 e. The molecule has 0 spiro atoms. The summed E-state index contributed by atoms with van der Waals surface area (Å²) in [5.74, 6) is 1.82. The van der Waals surface area contributed by atoms with Crippen LogP contribution >= 0.6 is 0 Å². The van der Waals surface area contributed by atoms with Crippen LogP contribution < -0.4 is 5.32 Å². The topological polar surface area (TPSA) is 28.4 Å². The molecule has 0 saturated heterocycles. The van der Waals surface area contributed by atoms with Gasteiger partial charge in [0.05, 0.1) is 12.8 Å². The summed E-state index contributed by atoms with van der Waals surface area (Å²) in [5.41, 5.74) is 1.39. The normalized spacial score (nSPS) is 16.4. The van der Waals surface area contributed by atoms with Gasteiger partial charge >= 0.3 is 0 Å². The molecule has 0 amide bonds. The van der Waals surface area contributed by atoms with Crippen molar-refractivity contribution in [2.75, 3.05) is 6.54 Å². The molecule has 1 heterocycles. The summed E-state index contributed by atoms with van der Waals surface area (Å²) in [6, 6.07) is 2.99. The number of nitrogens with one attached hydrogen (secondary N) is 1. The van der Waals surface area contributed by atoms with Crippen molar-refractivity contribution in [1.29, 1.82) is 0 Å². The quantitative estimate of drug-likeness (QED) is 0.822. The minimum atomic E-state index is 0.148. The van der Waals surface area contributed by atoms with E-state index in [-0.39, 0.29) is 5.54 Å². The molecule has 3 nitrogen and oxygen atoms in total. The molecule has 0 bridgehead atoms. The van der Waals surface area contributed by atoms with E-state index in [4.69, 9.17) is 4.42 Å². The Hall–Kier alpha value is -0.800. The maximum absolute atomic E-state index is 5.74. The fraction of sp³-hybridized carbons (Fsp3) is 0.765. The van der Waals surface area contributed by atoms with Crippen LogP contribution in [0.4, 0.5) is 0 Å². The Kier molecular flexibility index (Phi) is 4.92. The first-order valence-electron chi connectivity index (χ1n) is 7.89. The second-order valence-corrected chi connectivity index (χ2v) is 7.58. The highest BCUT2D eigenvalue weighted by Gasteiger charge is 2.29. The van der Waals surface area contributed by atoms with Crippen molar-refractivity contribution in [3.05, 3.63) is 23.7 Å². The van der Waals surface area contributed by atoms with Gasteiger partial charge in [0.15, 0.2) is 0 Å². The molecule has 0 unspecified atom stereocenters. The fourth-order valence-electron chi connectivity index (χ4n) is 2.42. The van der Waals surface area contributed by atoms with Crippen molar-refractivity contribution in [2.24, 2.45) is 5.92 Å². The average Bonchev–Trinajstić information content (AvgIpc) is 3.06. The third-order valence-corrected chi connectivity index (χ3v) is 3.55. The van der Waals surface area contributed by atoms with Gasteiger partial charge in [-0.2, -0.15) is 0 Å². The molecule has 0 atom stereocenters. The van der Waals surface area contributed by atoms with E-state index >= 15 is 0 Å². The molecular formula is C17H30N2O. The van der Waals surface area contributed by atoms with Crippen molar-refractivity contribution in [2.45, 2.75) is 72.1 Å². The van der Waals surface area contributed by atoms with Gasteiger partial charge in [0, 0.05) is 30.2 Å². The number of furan rings is 1. The van der Waals surface area contributed by atoms with Gasteiger partial charge in [-0.3, -0.25) is 4.90 Å². The van der Waals surface area contributed by atoms with Crippen molar-refractivity contribution in [3.63, 3.8) is 0 Å². The van der Waals surface area contributed by atoms with Gasteiger partial charge in [-0.05, 0) is 45.6 Å². The molecule has 1 aromatic rings. The predicted molar refractivity (Wildman–Crippen MR) is 83.6 cm³/mol. The lowest BCUT2D eigenvalue weighted by Gasteiger charge is -2.22. The number of hydrogen-bond acceptors (Lipinski definition) is 3. The van der Waals surface area contributed by atoms with Gasteiger partial charge in [0.25, 0.3) is 0 Å². The molecule has 1 aromatic heterocycles. The van der Waals surface area contributed by atoms with Crippen molar-refractivity contribution >= 4 is 0 Å². The van der Waals surface area contributed by atoms with E-state index in [0.29, 0.717) is 5.92 Å². The van der Waals surface area contributed by atoms with Crippen LogP contribution in [0.2, 0.25) is 0 Å². The molecule has 20 heavy (non-hydrogen) atoms. The first kappa shape index (κ1) is 15.6. The molecule has 1 saturated carbocycles. The molecule has 1 aliphatic rings. The standard InChI is InChI=1S/C17H30N2O/c1-13(2)10-19(15-6-7-15)11-16-8-14(12-20-16)9-18-17(3,4)5/h8,12-13,15,18H,6-7,9-11H2,1-5H3. The first-order valence-corrected chi connectivity index (χ1v) is 7.89. The molecule has 0 aliphatic heterocycles. The second kappa shape index (κ2) is 6.31. The van der Waals surface area contributed by atoms with E-state index in [1.165, 1.54) is 24.9 Å². The molecule has 1 aliphatic carbocycles. The van der Waals surface area contributed by atoms with Crippen molar-refractivity contribution in [3.8, 4) is 0 Å². The molecule has 114 valence electrons. The fourth-order valence-corrected chi connectivity index (χ4v) is 2.42. The van der Waals surface area contributed by atoms with Gasteiger partial charge in [-0.25, -0.2) is 0 Å². The molecular weight excluding hydrogens is 248 g/mol. The Morgan fingerprint density at radius 2 is 2.05 bits per heavy atom.